The lowest BCUT2D eigenvalue weighted by molar-refractivity contribution is 0.546. The van der Waals surface area contributed by atoms with Crippen molar-refractivity contribution >= 4 is 32.5 Å². The van der Waals surface area contributed by atoms with E-state index in [1.165, 1.54) is 77.0 Å². The molecule has 0 saturated carbocycles. The standard InChI is InChI=1S/C42H28O/c1-2-10-27(11-3-1)28-18-20-30(21-19-28)40-33-14-6-8-16-35(33)41(36-17-9-7-15-34(36)40)31-23-24-38-37(26-31)42-32-13-5-4-12-29(32)22-25-39(42)43-38/h1-21,23-24,26H,22,25H2. The van der Waals surface area contributed by atoms with Crippen LogP contribution in [0.1, 0.15) is 11.3 Å². The van der Waals surface area contributed by atoms with Crippen LogP contribution in [0.2, 0.25) is 0 Å². The minimum absolute atomic E-state index is 0.944. The molecule has 0 amide bonds. The molecule has 0 radical (unpaired) electrons. The van der Waals surface area contributed by atoms with E-state index in [1.807, 2.05) is 0 Å². The summed E-state index contributed by atoms with van der Waals surface area (Å²) in [6.07, 6.45) is 1.97. The van der Waals surface area contributed by atoms with Crippen molar-refractivity contribution in [1.29, 1.82) is 0 Å². The summed E-state index contributed by atoms with van der Waals surface area (Å²) in [5, 5.41) is 6.26. The second kappa shape index (κ2) is 9.58. The van der Waals surface area contributed by atoms with Gasteiger partial charge in [-0.2, -0.15) is 0 Å². The Morgan fingerprint density at radius 2 is 0.907 bits per heavy atom. The van der Waals surface area contributed by atoms with Crippen molar-refractivity contribution in [2.45, 2.75) is 12.8 Å². The van der Waals surface area contributed by atoms with E-state index in [-0.39, 0.29) is 0 Å². The van der Waals surface area contributed by atoms with Gasteiger partial charge in [-0.3, -0.25) is 0 Å². The molecular weight excluding hydrogens is 520 g/mol. The van der Waals surface area contributed by atoms with E-state index >= 15 is 0 Å². The van der Waals surface area contributed by atoms with Crippen LogP contribution >= 0.6 is 0 Å². The Kier molecular flexibility index (Phi) is 5.39. The molecule has 1 nitrogen and oxygen atoms in total. The fourth-order valence-corrected chi connectivity index (χ4v) is 7.22. The lowest BCUT2D eigenvalue weighted by atomic mass is 9.84. The van der Waals surface area contributed by atoms with Gasteiger partial charge in [-0.25, -0.2) is 0 Å². The molecule has 7 aromatic carbocycles. The van der Waals surface area contributed by atoms with Crippen LogP contribution in [-0.2, 0) is 12.8 Å². The third-order valence-electron chi connectivity index (χ3n) is 9.17. The number of hydrogen-bond acceptors (Lipinski definition) is 1. The highest BCUT2D eigenvalue weighted by Gasteiger charge is 2.24. The van der Waals surface area contributed by atoms with Gasteiger partial charge in [-0.05, 0) is 84.6 Å². The lowest BCUT2D eigenvalue weighted by Gasteiger charge is -2.18. The number of benzene rings is 7. The van der Waals surface area contributed by atoms with Gasteiger partial charge in [0.05, 0.1) is 0 Å². The number of hydrogen-bond donors (Lipinski definition) is 0. The van der Waals surface area contributed by atoms with Crippen LogP contribution < -0.4 is 0 Å². The Morgan fingerprint density at radius 3 is 1.60 bits per heavy atom. The molecule has 0 fully saturated rings. The van der Waals surface area contributed by atoms with Gasteiger partial charge in [0.15, 0.2) is 0 Å². The lowest BCUT2D eigenvalue weighted by Crippen LogP contribution is -2.01. The first-order chi connectivity index (χ1) is 21.3. The van der Waals surface area contributed by atoms with E-state index in [0.29, 0.717) is 0 Å². The van der Waals surface area contributed by atoms with E-state index in [2.05, 4.69) is 146 Å². The molecule has 0 aliphatic heterocycles. The van der Waals surface area contributed by atoms with Crippen molar-refractivity contribution in [2.75, 3.05) is 0 Å². The summed E-state index contributed by atoms with van der Waals surface area (Å²) < 4.78 is 6.43. The Morgan fingerprint density at radius 1 is 0.372 bits per heavy atom. The Balaban J connectivity index is 1.29. The van der Waals surface area contributed by atoms with Gasteiger partial charge in [-0.1, -0.05) is 133 Å². The minimum Gasteiger partial charge on any atom is -0.460 e. The van der Waals surface area contributed by atoms with Gasteiger partial charge >= 0.3 is 0 Å². The van der Waals surface area contributed by atoms with Crippen molar-refractivity contribution in [3.05, 3.63) is 157 Å². The van der Waals surface area contributed by atoms with Crippen molar-refractivity contribution < 1.29 is 4.42 Å². The zero-order valence-corrected chi connectivity index (χ0v) is 23.7. The topological polar surface area (TPSA) is 13.1 Å². The van der Waals surface area contributed by atoms with Crippen LogP contribution in [0.25, 0.3) is 77.0 Å². The first-order valence-electron chi connectivity index (χ1n) is 15.1. The fraction of sp³-hybridized carbons (Fsp3) is 0.0476. The molecule has 1 aliphatic rings. The van der Waals surface area contributed by atoms with Crippen LogP contribution in [0, 0.1) is 0 Å². The Hall–Kier alpha value is -5.40. The van der Waals surface area contributed by atoms with Crippen molar-refractivity contribution in [3.8, 4) is 44.5 Å². The third-order valence-corrected chi connectivity index (χ3v) is 9.17. The predicted molar refractivity (Wildman–Crippen MR) is 180 cm³/mol. The van der Waals surface area contributed by atoms with Gasteiger partial charge in [-0.15, -0.1) is 0 Å². The smallest absolute Gasteiger partial charge is 0.134 e. The average Bonchev–Trinajstić information content (AvgIpc) is 3.46. The average molecular weight is 549 g/mol. The van der Waals surface area contributed by atoms with Crippen LogP contribution in [0.3, 0.4) is 0 Å². The summed E-state index contributed by atoms with van der Waals surface area (Å²) in [6, 6.07) is 53.0. The highest BCUT2D eigenvalue weighted by molar-refractivity contribution is 6.22. The molecule has 9 rings (SSSR count). The maximum Gasteiger partial charge on any atom is 0.134 e. The summed E-state index contributed by atoms with van der Waals surface area (Å²) >= 11 is 0. The zero-order valence-electron chi connectivity index (χ0n) is 23.7. The van der Waals surface area contributed by atoms with E-state index in [4.69, 9.17) is 4.42 Å². The molecule has 1 heterocycles. The van der Waals surface area contributed by atoms with E-state index < -0.39 is 0 Å². The molecule has 0 atom stereocenters. The molecule has 43 heavy (non-hydrogen) atoms. The second-order valence-electron chi connectivity index (χ2n) is 11.6. The Labute approximate surface area is 250 Å². The fourth-order valence-electron chi connectivity index (χ4n) is 7.22. The summed E-state index contributed by atoms with van der Waals surface area (Å²) in [5.41, 5.74) is 12.4. The highest BCUT2D eigenvalue weighted by atomic mass is 16.3. The predicted octanol–water partition coefficient (Wildman–Crippen LogP) is 11.5. The van der Waals surface area contributed by atoms with Gasteiger partial charge in [0.2, 0.25) is 0 Å². The minimum atomic E-state index is 0.944. The summed E-state index contributed by atoms with van der Waals surface area (Å²) in [4.78, 5) is 0. The maximum atomic E-state index is 6.43. The Bertz CT molecular complexity index is 2260. The molecule has 0 bridgehead atoms. The van der Waals surface area contributed by atoms with Crippen molar-refractivity contribution in [3.63, 3.8) is 0 Å². The first kappa shape index (κ1) is 24.2. The summed E-state index contributed by atoms with van der Waals surface area (Å²) in [5.74, 6) is 1.11. The molecule has 0 saturated heterocycles. The van der Waals surface area contributed by atoms with Crippen LogP contribution in [0.4, 0.5) is 0 Å². The van der Waals surface area contributed by atoms with Crippen LogP contribution in [-0.4, -0.2) is 0 Å². The molecule has 1 heteroatoms. The molecule has 0 N–H and O–H groups in total. The highest BCUT2D eigenvalue weighted by Crippen LogP contribution is 2.46. The van der Waals surface area contributed by atoms with Crippen LogP contribution in [0.15, 0.2) is 150 Å². The van der Waals surface area contributed by atoms with Gasteiger partial charge < -0.3 is 4.42 Å². The van der Waals surface area contributed by atoms with Gasteiger partial charge in [0.25, 0.3) is 0 Å². The third kappa shape index (κ3) is 3.78. The molecule has 0 spiro atoms. The number of aryl methyl sites for hydroxylation is 2. The number of rotatable bonds is 3. The van der Waals surface area contributed by atoms with E-state index in [1.54, 1.807) is 0 Å². The summed E-state index contributed by atoms with van der Waals surface area (Å²) in [6.45, 7) is 0. The van der Waals surface area contributed by atoms with Gasteiger partial charge in [0, 0.05) is 17.4 Å². The van der Waals surface area contributed by atoms with Crippen LogP contribution in [0.5, 0.6) is 0 Å². The maximum absolute atomic E-state index is 6.43. The largest absolute Gasteiger partial charge is 0.460 e. The summed E-state index contributed by atoms with van der Waals surface area (Å²) in [7, 11) is 0. The molecule has 1 aliphatic carbocycles. The van der Waals surface area contributed by atoms with Crippen molar-refractivity contribution in [1.82, 2.24) is 0 Å². The molecule has 0 unspecified atom stereocenters. The molecule has 8 aromatic rings. The number of furan rings is 1. The normalized spacial score (nSPS) is 12.5. The van der Waals surface area contributed by atoms with Gasteiger partial charge in [0.1, 0.15) is 11.3 Å². The quantitative estimate of drug-likeness (QED) is 0.200. The van der Waals surface area contributed by atoms with Crippen molar-refractivity contribution in [2.24, 2.45) is 0 Å². The zero-order chi connectivity index (χ0) is 28.3. The molecule has 1 aromatic heterocycles. The molecular formula is C42H28O. The number of fused-ring (bicyclic) bond motifs is 7. The monoisotopic (exact) mass is 548 g/mol. The van der Waals surface area contributed by atoms with E-state index in [0.717, 1.165) is 24.2 Å². The first-order valence-corrected chi connectivity index (χ1v) is 15.1. The second-order valence-corrected chi connectivity index (χ2v) is 11.6. The SMILES string of the molecule is c1ccc(-c2ccc(-c3c4ccccc4c(-c4ccc5oc6c(c5c4)-c4ccccc4CC6)c4ccccc34)cc2)cc1. The molecule has 202 valence electrons. The van der Waals surface area contributed by atoms with E-state index in [9.17, 15) is 0 Å².